The van der Waals surface area contributed by atoms with Crippen molar-refractivity contribution in [3.63, 3.8) is 0 Å². The van der Waals surface area contributed by atoms with E-state index in [1.54, 1.807) is 20.8 Å². The zero-order chi connectivity index (χ0) is 20.2. The van der Waals surface area contributed by atoms with Crippen LogP contribution < -0.4 is 10.1 Å². The van der Waals surface area contributed by atoms with Crippen LogP contribution in [0, 0.1) is 5.41 Å². The van der Waals surface area contributed by atoms with Gasteiger partial charge >= 0.3 is 6.18 Å². The second-order valence-corrected chi connectivity index (χ2v) is 6.90. The second-order valence-electron chi connectivity index (χ2n) is 6.90. The Balaban J connectivity index is 1.93. The fraction of sp³-hybridized carbons (Fsp3) is 0.389. The standard InChI is InChI=1S/C18H20F3N3O3/c1-17(2,3)15(25)10-22-16(26)14-7-8-24(23-14)11-27-13-6-4-5-12(9-13)18(19,20)21/h4-9H,10-11H2,1-3H3,(H,22,26). The van der Waals surface area contributed by atoms with Gasteiger partial charge in [0.15, 0.2) is 12.5 Å². The monoisotopic (exact) mass is 383 g/mol. The lowest BCUT2D eigenvalue weighted by Gasteiger charge is -2.16. The summed E-state index contributed by atoms with van der Waals surface area (Å²) < 4.78 is 44.6. The fourth-order valence-electron chi connectivity index (χ4n) is 1.97. The number of amides is 1. The molecule has 2 aromatic rings. The maximum absolute atomic E-state index is 12.7. The Hall–Kier alpha value is -2.84. The first-order valence-corrected chi connectivity index (χ1v) is 8.12. The van der Waals surface area contributed by atoms with E-state index < -0.39 is 23.1 Å². The van der Waals surface area contributed by atoms with Crippen molar-refractivity contribution in [3.05, 3.63) is 47.8 Å². The minimum Gasteiger partial charge on any atom is -0.471 e. The third-order valence-electron chi connectivity index (χ3n) is 3.64. The molecule has 0 aliphatic rings. The first-order valence-electron chi connectivity index (χ1n) is 8.12. The zero-order valence-corrected chi connectivity index (χ0v) is 15.1. The Morgan fingerprint density at radius 3 is 2.52 bits per heavy atom. The van der Waals surface area contributed by atoms with Crippen LogP contribution >= 0.6 is 0 Å². The quantitative estimate of drug-likeness (QED) is 0.831. The Kier molecular flexibility index (Phi) is 5.92. The molecule has 0 spiro atoms. The van der Waals surface area contributed by atoms with Crippen LogP contribution in [0.4, 0.5) is 13.2 Å². The van der Waals surface area contributed by atoms with Gasteiger partial charge in [0.25, 0.3) is 5.91 Å². The molecule has 1 aromatic carbocycles. The van der Waals surface area contributed by atoms with Gasteiger partial charge < -0.3 is 10.1 Å². The predicted molar refractivity (Wildman–Crippen MR) is 91.1 cm³/mol. The first kappa shape index (κ1) is 20.5. The SMILES string of the molecule is CC(C)(C)C(=O)CNC(=O)c1ccn(COc2cccc(C(F)(F)F)c2)n1. The third kappa shape index (κ3) is 5.83. The Morgan fingerprint density at radius 2 is 1.89 bits per heavy atom. The van der Waals surface area contributed by atoms with Gasteiger partial charge in [-0.1, -0.05) is 26.8 Å². The summed E-state index contributed by atoms with van der Waals surface area (Å²) in [5, 5.41) is 6.47. The highest BCUT2D eigenvalue weighted by Crippen LogP contribution is 2.31. The highest BCUT2D eigenvalue weighted by molar-refractivity contribution is 5.96. The van der Waals surface area contributed by atoms with E-state index in [4.69, 9.17) is 4.74 Å². The summed E-state index contributed by atoms with van der Waals surface area (Å²) in [5.41, 5.74) is -1.31. The summed E-state index contributed by atoms with van der Waals surface area (Å²) >= 11 is 0. The van der Waals surface area contributed by atoms with Crippen molar-refractivity contribution < 1.29 is 27.5 Å². The van der Waals surface area contributed by atoms with Crippen molar-refractivity contribution in [2.75, 3.05) is 6.54 Å². The fourth-order valence-corrected chi connectivity index (χ4v) is 1.97. The summed E-state index contributed by atoms with van der Waals surface area (Å²) in [6, 6.07) is 5.89. The van der Waals surface area contributed by atoms with E-state index in [0.717, 1.165) is 12.1 Å². The second kappa shape index (κ2) is 7.81. The first-order chi connectivity index (χ1) is 12.5. The van der Waals surface area contributed by atoms with Crippen LogP contribution in [0.25, 0.3) is 0 Å². The van der Waals surface area contributed by atoms with Gasteiger partial charge in [-0.25, -0.2) is 4.68 Å². The molecule has 6 nitrogen and oxygen atoms in total. The lowest BCUT2D eigenvalue weighted by molar-refractivity contribution is -0.137. The zero-order valence-electron chi connectivity index (χ0n) is 15.1. The summed E-state index contributed by atoms with van der Waals surface area (Å²) in [6.45, 7) is 4.97. The molecule has 0 atom stereocenters. The summed E-state index contributed by atoms with van der Waals surface area (Å²) in [4.78, 5) is 23.8. The molecule has 0 bridgehead atoms. The normalized spacial score (nSPS) is 11.9. The third-order valence-corrected chi connectivity index (χ3v) is 3.64. The molecule has 9 heteroatoms. The van der Waals surface area contributed by atoms with Gasteiger partial charge in [-0.05, 0) is 24.3 Å². The number of hydrogen-bond donors (Lipinski definition) is 1. The molecule has 146 valence electrons. The number of nitrogens with one attached hydrogen (secondary N) is 1. The number of aromatic nitrogens is 2. The molecule has 1 heterocycles. The van der Waals surface area contributed by atoms with Gasteiger partial charge in [-0.2, -0.15) is 18.3 Å². The highest BCUT2D eigenvalue weighted by atomic mass is 19.4. The number of Topliss-reactive ketones (excluding diaryl/α,β-unsaturated/α-hetero) is 1. The number of ketones is 1. The summed E-state index contributed by atoms with van der Waals surface area (Å²) in [7, 11) is 0. The van der Waals surface area contributed by atoms with Gasteiger partial charge in [-0.3, -0.25) is 9.59 Å². The minimum absolute atomic E-state index is 0.0297. The number of nitrogens with zero attached hydrogens (tertiary/aromatic N) is 2. The van der Waals surface area contributed by atoms with Crippen LogP contribution in [0.15, 0.2) is 36.5 Å². The Morgan fingerprint density at radius 1 is 1.19 bits per heavy atom. The summed E-state index contributed by atoms with van der Waals surface area (Å²) in [6.07, 6.45) is -3.01. The number of halogens is 3. The van der Waals surface area contributed by atoms with E-state index in [1.807, 2.05) is 0 Å². The van der Waals surface area contributed by atoms with Crippen LogP contribution in [-0.4, -0.2) is 28.0 Å². The molecule has 0 saturated heterocycles. The summed E-state index contributed by atoms with van der Waals surface area (Å²) in [5.74, 6) is -0.615. The Labute approximate surface area is 154 Å². The van der Waals surface area contributed by atoms with Gasteiger partial charge in [0.2, 0.25) is 0 Å². The molecule has 0 radical (unpaired) electrons. The van der Waals surface area contributed by atoms with Crippen LogP contribution in [0.2, 0.25) is 0 Å². The number of ether oxygens (including phenoxy) is 1. The molecule has 0 aliphatic carbocycles. The van der Waals surface area contributed by atoms with E-state index in [0.29, 0.717) is 0 Å². The van der Waals surface area contributed by atoms with E-state index in [9.17, 15) is 22.8 Å². The maximum Gasteiger partial charge on any atom is 0.416 e. The minimum atomic E-state index is -4.46. The van der Waals surface area contributed by atoms with Crippen molar-refractivity contribution in [3.8, 4) is 5.75 Å². The molecule has 1 amide bonds. The molecule has 27 heavy (non-hydrogen) atoms. The lowest BCUT2D eigenvalue weighted by atomic mass is 9.91. The number of rotatable bonds is 6. The number of carbonyl (C=O) groups is 2. The largest absolute Gasteiger partial charge is 0.471 e. The van der Waals surface area contributed by atoms with Crippen LogP contribution in [0.3, 0.4) is 0 Å². The Bertz CT molecular complexity index is 823. The molecule has 2 rings (SSSR count). The molecule has 0 aliphatic heterocycles. The van der Waals surface area contributed by atoms with E-state index in [-0.39, 0.29) is 30.5 Å². The van der Waals surface area contributed by atoms with Crippen molar-refractivity contribution in [1.82, 2.24) is 15.1 Å². The van der Waals surface area contributed by atoms with Gasteiger partial charge in [0, 0.05) is 11.6 Å². The van der Waals surface area contributed by atoms with Crippen LogP contribution in [0.5, 0.6) is 5.75 Å². The van der Waals surface area contributed by atoms with Crippen molar-refractivity contribution in [2.24, 2.45) is 5.41 Å². The van der Waals surface area contributed by atoms with Crippen molar-refractivity contribution in [1.29, 1.82) is 0 Å². The van der Waals surface area contributed by atoms with Crippen molar-refractivity contribution >= 4 is 11.7 Å². The molecular formula is C18H20F3N3O3. The molecule has 0 saturated carbocycles. The van der Waals surface area contributed by atoms with Crippen LogP contribution in [-0.2, 0) is 17.7 Å². The average molecular weight is 383 g/mol. The predicted octanol–water partition coefficient (Wildman–Crippen LogP) is 3.28. The molecule has 1 aromatic heterocycles. The number of alkyl halides is 3. The highest BCUT2D eigenvalue weighted by Gasteiger charge is 2.30. The topological polar surface area (TPSA) is 73.2 Å². The molecule has 0 unspecified atom stereocenters. The number of hydrogen-bond acceptors (Lipinski definition) is 4. The molecular weight excluding hydrogens is 363 g/mol. The van der Waals surface area contributed by atoms with E-state index in [2.05, 4.69) is 10.4 Å². The maximum atomic E-state index is 12.7. The number of carbonyl (C=O) groups excluding carboxylic acids is 2. The van der Waals surface area contributed by atoms with E-state index in [1.165, 1.54) is 29.1 Å². The molecule has 0 fully saturated rings. The lowest BCUT2D eigenvalue weighted by Crippen LogP contribution is -2.35. The van der Waals surface area contributed by atoms with Crippen molar-refractivity contribution in [2.45, 2.75) is 33.7 Å². The van der Waals surface area contributed by atoms with E-state index >= 15 is 0 Å². The number of benzene rings is 1. The smallest absolute Gasteiger partial charge is 0.416 e. The van der Waals surface area contributed by atoms with Gasteiger partial charge in [0.1, 0.15) is 11.4 Å². The van der Waals surface area contributed by atoms with Gasteiger partial charge in [0.05, 0.1) is 12.1 Å². The van der Waals surface area contributed by atoms with Crippen LogP contribution in [0.1, 0.15) is 36.8 Å². The van der Waals surface area contributed by atoms with Gasteiger partial charge in [-0.15, -0.1) is 0 Å². The molecule has 1 N–H and O–H groups in total. The average Bonchev–Trinajstić information content (AvgIpc) is 3.05.